The number of benzene rings is 2. The fraction of sp³-hybridized carbons (Fsp3) is 0.263. The molecule has 0 heterocycles. The number of rotatable bonds is 4. The van der Waals surface area contributed by atoms with Crippen LogP contribution in [0.3, 0.4) is 0 Å². The topological polar surface area (TPSA) is 58.2 Å². The van der Waals surface area contributed by atoms with Gasteiger partial charge in [-0.3, -0.25) is 9.59 Å². The number of halogens is 3. The van der Waals surface area contributed by atoms with E-state index in [1.165, 1.54) is 6.92 Å². The monoisotopic (exact) mass is 364 g/mol. The van der Waals surface area contributed by atoms with E-state index in [-0.39, 0.29) is 34.3 Å². The van der Waals surface area contributed by atoms with Crippen LogP contribution in [0.1, 0.15) is 45.7 Å². The van der Waals surface area contributed by atoms with Gasteiger partial charge in [-0.15, -0.1) is 0 Å². The summed E-state index contributed by atoms with van der Waals surface area (Å²) >= 11 is 0. The van der Waals surface area contributed by atoms with E-state index in [4.69, 9.17) is 0 Å². The molecule has 0 fully saturated rings. The highest BCUT2D eigenvalue weighted by Gasteiger charge is 2.31. The third-order valence-corrected chi connectivity index (χ3v) is 3.64. The fourth-order valence-electron chi connectivity index (χ4n) is 2.41. The van der Waals surface area contributed by atoms with Crippen LogP contribution in [-0.4, -0.2) is 17.9 Å². The van der Waals surface area contributed by atoms with Crippen molar-refractivity contribution in [3.05, 3.63) is 64.7 Å². The number of nitrogens with one attached hydrogen (secondary N) is 2. The van der Waals surface area contributed by atoms with Gasteiger partial charge >= 0.3 is 6.18 Å². The first-order chi connectivity index (χ1) is 12.1. The van der Waals surface area contributed by atoms with Gasteiger partial charge in [0.05, 0.1) is 16.8 Å². The summed E-state index contributed by atoms with van der Waals surface area (Å²) in [5.41, 5.74) is 0.0517. The molecule has 0 saturated heterocycles. The van der Waals surface area contributed by atoms with Crippen LogP contribution in [0.2, 0.25) is 0 Å². The first kappa shape index (κ1) is 19.5. The van der Waals surface area contributed by atoms with Gasteiger partial charge in [0.25, 0.3) is 11.8 Å². The molecule has 0 spiro atoms. The van der Waals surface area contributed by atoms with E-state index in [2.05, 4.69) is 10.6 Å². The molecule has 0 radical (unpaired) electrons. The van der Waals surface area contributed by atoms with Crippen LogP contribution in [0.15, 0.2) is 42.5 Å². The molecule has 0 aromatic heterocycles. The van der Waals surface area contributed by atoms with E-state index >= 15 is 0 Å². The predicted molar refractivity (Wildman–Crippen MR) is 93.2 cm³/mol. The molecule has 138 valence electrons. The molecule has 2 aromatic carbocycles. The maximum absolute atomic E-state index is 12.7. The zero-order valence-corrected chi connectivity index (χ0v) is 14.6. The van der Waals surface area contributed by atoms with Crippen molar-refractivity contribution in [2.24, 2.45) is 0 Å². The molecule has 2 N–H and O–H groups in total. The Balaban J connectivity index is 2.27. The fourth-order valence-corrected chi connectivity index (χ4v) is 2.41. The van der Waals surface area contributed by atoms with Crippen LogP contribution in [0.4, 0.5) is 18.9 Å². The molecule has 0 unspecified atom stereocenters. The van der Waals surface area contributed by atoms with E-state index < -0.39 is 17.6 Å². The third-order valence-electron chi connectivity index (χ3n) is 3.64. The minimum Gasteiger partial charge on any atom is -0.350 e. The summed E-state index contributed by atoms with van der Waals surface area (Å²) in [5.74, 6) is -0.930. The summed E-state index contributed by atoms with van der Waals surface area (Å²) in [5, 5.41) is 5.33. The van der Waals surface area contributed by atoms with E-state index in [1.54, 1.807) is 24.3 Å². The van der Waals surface area contributed by atoms with Gasteiger partial charge in [-0.1, -0.05) is 12.1 Å². The van der Waals surface area contributed by atoms with Gasteiger partial charge in [0.1, 0.15) is 0 Å². The van der Waals surface area contributed by atoms with Crippen molar-refractivity contribution in [3.63, 3.8) is 0 Å². The molecule has 0 saturated carbocycles. The first-order valence-corrected chi connectivity index (χ1v) is 7.98. The van der Waals surface area contributed by atoms with Gasteiger partial charge in [0.2, 0.25) is 0 Å². The van der Waals surface area contributed by atoms with Gasteiger partial charge in [-0.2, -0.15) is 13.2 Å². The maximum Gasteiger partial charge on any atom is 0.416 e. The summed E-state index contributed by atoms with van der Waals surface area (Å²) in [6, 6.07) is 9.27. The normalized spacial score (nSPS) is 11.3. The van der Waals surface area contributed by atoms with Gasteiger partial charge in [-0.05, 0) is 56.7 Å². The van der Waals surface area contributed by atoms with Crippen molar-refractivity contribution in [1.29, 1.82) is 0 Å². The van der Waals surface area contributed by atoms with Crippen LogP contribution in [0.5, 0.6) is 0 Å². The number of aryl methyl sites for hydroxylation is 1. The molecule has 0 bridgehead atoms. The van der Waals surface area contributed by atoms with Crippen LogP contribution in [0, 0.1) is 6.92 Å². The van der Waals surface area contributed by atoms with Crippen molar-refractivity contribution in [3.8, 4) is 0 Å². The molecular weight excluding hydrogens is 345 g/mol. The second-order valence-corrected chi connectivity index (χ2v) is 6.16. The standard InChI is InChI=1S/C19H19F3N2O2/c1-11(2)23-18(26)15-6-4-5-7-16(15)24-17(25)14-9-8-13(10-12(14)3)19(20,21)22/h4-11H,1-3H3,(H,23,26)(H,24,25). The lowest BCUT2D eigenvalue weighted by molar-refractivity contribution is -0.137. The van der Waals surface area contributed by atoms with E-state index in [9.17, 15) is 22.8 Å². The average Bonchev–Trinajstić information content (AvgIpc) is 2.53. The number of para-hydroxylation sites is 1. The number of amides is 2. The Morgan fingerprint density at radius 3 is 2.19 bits per heavy atom. The molecule has 0 aliphatic carbocycles. The van der Waals surface area contributed by atoms with E-state index in [0.29, 0.717) is 0 Å². The molecule has 7 heteroatoms. The highest BCUT2D eigenvalue weighted by molar-refractivity contribution is 6.09. The number of hydrogen-bond donors (Lipinski definition) is 2. The van der Waals surface area contributed by atoms with Gasteiger partial charge in [0.15, 0.2) is 0 Å². The summed E-state index contributed by atoms with van der Waals surface area (Å²) < 4.78 is 38.2. The van der Waals surface area contributed by atoms with Crippen molar-refractivity contribution >= 4 is 17.5 Å². The summed E-state index contributed by atoms with van der Waals surface area (Å²) in [6.45, 7) is 5.05. The Morgan fingerprint density at radius 2 is 1.62 bits per heavy atom. The molecule has 0 aliphatic heterocycles. The highest BCUT2D eigenvalue weighted by Crippen LogP contribution is 2.30. The van der Waals surface area contributed by atoms with Crippen LogP contribution >= 0.6 is 0 Å². The van der Waals surface area contributed by atoms with Crippen LogP contribution in [-0.2, 0) is 6.18 Å². The lowest BCUT2D eigenvalue weighted by Crippen LogP contribution is -2.31. The quantitative estimate of drug-likeness (QED) is 0.845. The Morgan fingerprint density at radius 1 is 0.962 bits per heavy atom. The lowest BCUT2D eigenvalue weighted by Gasteiger charge is -2.14. The zero-order chi connectivity index (χ0) is 19.5. The molecular formula is C19H19F3N2O2. The average molecular weight is 364 g/mol. The van der Waals surface area contributed by atoms with Gasteiger partial charge in [-0.25, -0.2) is 0 Å². The maximum atomic E-state index is 12.7. The Hall–Kier alpha value is -2.83. The molecule has 2 amide bonds. The number of hydrogen-bond acceptors (Lipinski definition) is 2. The Bertz CT molecular complexity index is 830. The Labute approximate surface area is 149 Å². The molecule has 4 nitrogen and oxygen atoms in total. The SMILES string of the molecule is Cc1cc(C(F)(F)F)ccc1C(=O)Nc1ccccc1C(=O)NC(C)C. The number of anilines is 1. The molecule has 26 heavy (non-hydrogen) atoms. The molecule has 2 rings (SSSR count). The molecule has 2 aromatic rings. The second kappa shape index (κ2) is 7.59. The van der Waals surface area contributed by atoms with Crippen molar-refractivity contribution in [1.82, 2.24) is 5.32 Å². The van der Waals surface area contributed by atoms with Gasteiger partial charge in [0, 0.05) is 11.6 Å². The molecule has 0 aliphatic rings. The minimum atomic E-state index is -4.47. The molecule has 0 atom stereocenters. The number of carbonyl (C=O) groups is 2. The largest absolute Gasteiger partial charge is 0.416 e. The van der Waals surface area contributed by atoms with E-state index in [1.807, 2.05) is 13.8 Å². The Kier molecular flexibility index (Phi) is 5.69. The van der Waals surface area contributed by atoms with Crippen molar-refractivity contribution in [2.75, 3.05) is 5.32 Å². The van der Waals surface area contributed by atoms with E-state index in [0.717, 1.165) is 18.2 Å². The summed E-state index contributed by atoms with van der Waals surface area (Å²) in [6.07, 6.45) is -4.47. The number of alkyl halides is 3. The smallest absolute Gasteiger partial charge is 0.350 e. The van der Waals surface area contributed by atoms with Crippen LogP contribution in [0.25, 0.3) is 0 Å². The summed E-state index contributed by atoms with van der Waals surface area (Å²) in [4.78, 5) is 24.7. The van der Waals surface area contributed by atoms with Crippen molar-refractivity contribution < 1.29 is 22.8 Å². The predicted octanol–water partition coefficient (Wildman–Crippen LogP) is 4.40. The summed E-state index contributed by atoms with van der Waals surface area (Å²) in [7, 11) is 0. The van der Waals surface area contributed by atoms with Crippen molar-refractivity contribution in [2.45, 2.75) is 33.0 Å². The third kappa shape index (κ3) is 4.62. The first-order valence-electron chi connectivity index (χ1n) is 7.98. The highest BCUT2D eigenvalue weighted by atomic mass is 19.4. The minimum absolute atomic E-state index is 0.0802. The number of carbonyl (C=O) groups excluding carboxylic acids is 2. The second-order valence-electron chi connectivity index (χ2n) is 6.16. The van der Waals surface area contributed by atoms with Crippen LogP contribution < -0.4 is 10.6 Å². The van der Waals surface area contributed by atoms with Gasteiger partial charge < -0.3 is 10.6 Å². The lowest BCUT2D eigenvalue weighted by atomic mass is 10.0. The zero-order valence-electron chi connectivity index (χ0n) is 14.6.